The zero-order chi connectivity index (χ0) is 13.0. The van der Waals surface area contributed by atoms with Crippen LogP contribution in [0.15, 0.2) is 12.1 Å². The van der Waals surface area contributed by atoms with Crippen molar-refractivity contribution in [3.8, 4) is 6.07 Å². The van der Waals surface area contributed by atoms with Gasteiger partial charge in [0.2, 0.25) is 0 Å². The molecule has 0 fully saturated rings. The molecule has 3 nitrogen and oxygen atoms in total. The van der Waals surface area contributed by atoms with E-state index in [1.807, 2.05) is 13.8 Å². The Morgan fingerprint density at radius 2 is 1.88 bits per heavy atom. The number of rotatable bonds is 4. The molecule has 2 N–H and O–H groups in total. The Hall–Kier alpha value is -1.67. The van der Waals surface area contributed by atoms with E-state index < -0.39 is 17.7 Å². The minimum absolute atomic E-state index is 0.0226. The van der Waals surface area contributed by atoms with E-state index in [1.54, 1.807) is 6.07 Å². The van der Waals surface area contributed by atoms with Gasteiger partial charge in [0, 0.05) is 0 Å². The van der Waals surface area contributed by atoms with Gasteiger partial charge < -0.3 is 10.4 Å². The van der Waals surface area contributed by atoms with E-state index >= 15 is 0 Å². The Kier molecular flexibility index (Phi) is 4.41. The van der Waals surface area contributed by atoms with Crippen molar-refractivity contribution >= 4 is 5.69 Å². The first-order valence-corrected chi connectivity index (χ1v) is 5.26. The summed E-state index contributed by atoms with van der Waals surface area (Å²) in [6, 6.07) is 3.15. The maximum Gasteiger partial charge on any atom is 0.150 e. The lowest BCUT2D eigenvalue weighted by atomic mass is 10.0. The zero-order valence-corrected chi connectivity index (χ0v) is 9.67. The van der Waals surface area contributed by atoms with Crippen LogP contribution >= 0.6 is 0 Å². The summed E-state index contributed by atoms with van der Waals surface area (Å²) in [7, 11) is 0. The number of aliphatic hydroxyl groups is 1. The Morgan fingerprint density at radius 3 is 2.24 bits per heavy atom. The molecular weight excluding hydrogens is 226 g/mol. The van der Waals surface area contributed by atoms with Crippen LogP contribution in [0.4, 0.5) is 14.5 Å². The predicted molar refractivity (Wildman–Crippen MR) is 60.4 cm³/mol. The van der Waals surface area contributed by atoms with Gasteiger partial charge in [-0.25, -0.2) is 8.78 Å². The lowest BCUT2D eigenvalue weighted by Crippen LogP contribution is -2.30. The number of nitrogens with zero attached hydrogens (tertiary/aromatic N) is 1. The molecule has 5 heteroatoms. The van der Waals surface area contributed by atoms with Gasteiger partial charge in [-0.05, 0) is 18.1 Å². The Labute approximate surface area is 98.7 Å². The molecule has 0 aliphatic carbocycles. The molecule has 0 radical (unpaired) electrons. The van der Waals surface area contributed by atoms with Crippen molar-refractivity contribution in [1.29, 1.82) is 5.26 Å². The molecule has 0 spiro atoms. The molecule has 1 aromatic carbocycles. The van der Waals surface area contributed by atoms with Crippen molar-refractivity contribution in [2.75, 3.05) is 11.9 Å². The number of benzene rings is 1. The minimum atomic E-state index is -0.833. The van der Waals surface area contributed by atoms with E-state index in [0.29, 0.717) is 0 Å². The van der Waals surface area contributed by atoms with E-state index in [0.717, 1.165) is 12.1 Å². The van der Waals surface area contributed by atoms with E-state index in [4.69, 9.17) is 10.4 Å². The summed E-state index contributed by atoms with van der Waals surface area (Å²) in [6.07, 6.45) is 0. The third kappa shape index (κ3) is 3.14. The Bertz CT molecular complexity index is 418. The third-order valence-corrected chi connectivity index (χ3v) is 2.50. The molecule has 1 aromatic rings. The quantitative estimate of drug-likeness (QED) is 0.848. The van der Waals surface area contributed by atoms with Crippen molar-refractivity contribution in [3.05, 3.63) is 29.3 Å². The third-order valence-electron chi connectivity index (χ3n) is 2.50. The van der Waals surface area contributed by atoms with Crippen molar-refractivity contribution < 1.29 is 13.9 Å². The Balaban J connectivity index is 3.03. The molecule has 92 valence electrons. The normalized spacial score (nSPS) is 12.3. The lowest BCUT2D eigenvalue weighted by Gasteiger charge is -2.21. The second-order valence-electron chi connectivity index (χ2n) is 4.10. The van der Waals surface area contributed by atoms with E-state index in [-0.39, 0.29) is 23.8 Å². The molecular formula is C12H14F2N2O. The standard InChI is InChI=1S/C12H14F2N2O/c1-7(2)11(6-17)16-12-9(13)3-8(5-15)4-10(12)14/h3-4,7,11,16-17H,6H2,1-2H3/t11-/m1/s1. The first-order valence-electron chi connectivity index (χ1n) is 5.26. The van der Waals surface area contributed by atoms with Gasteiger partial charge in [0.25, 0.3) is 0 Å². The first kappa shape index (κ1) is 13.4. The largest absolute Gasteiger partial charge is 0.394 e. The predicted octanol–water partition coefficient (Wildman–Crippen LogP) is 2.27. The summed E-state index contributed by atoms with van der Waals surface area (Å²) in [6.45, 7) is 3.43. The number of anilines is 1. The zero-order valence-electron chi connectivity index (χ0n) is 9.67. The van der Waals surface area contributed by atoms with E-state index in [1.165, 1.54) is 0 Å². The van der Waals surface area contributed by atoms with Crippen LogP contribution in [0.25, 0.3) is 0 Å². The highest BCUT2D eigenvalue weighted by Crippen LogP contribution is 2.22. The summed E-state index contributed by atoms with van der Waals surface area (Å²) in [5.41, 5.74) is -0.382. The van der Waals surface area contributed by atoms with Crippen LogP contribution in [-0.2, 0) is 0 Å². The molecule has 0 aliphatic rings. The van der Waals surface area contributed by atoms with Gasteiger partial charge in [0.15, 0.2) is 11.6 Å². The molecule has 0 aromatic heterocycles. The Morgan fingerprint density at radius 1 is 1.35 bits per heavy atom. The van der Waals surface area contributed by atoms with Gasteiger partial charge in [0.05, 0.1) is 24.3 Å². The maximum atomic E-state index is 13.5. The van der Waals surface area contributed by atoms with Crippen molar-refractivity contribution in [2.24, 2.45) is 5.92 Å². The van der Waals surface area contributed by atoms with Gasteiger partial charge >= 0.3 is 0 Å². The molecule has 1 atom stereocenters. The summed E-state index contributed by atoms with van der Waals surface area (Å²) >= 11 is 0. The number of aliphatic hydroxyl groups excluding tert-OH is 1. The van der Waals surface area contributed by atoms with Crippen molar-refractivity contribution in [1.82, 2.24) is 0 Å². The van der Waals surface area contributed by atoms with Gasteiger partial charge in [0.1, 0.15) is 5.69 Å². The van der Waals surface area contributed by atoms with Crippen LogP contribution in [-0.4, -0.2) is 17.8 Å². The molecule has 0 aliphatic heterocycles. The van der Waals surface area contributed by atoms with Crippen LogP contribution in [0.2, 0.25) is 0 Å². The van der Waals surface area contributed by atoms with Gasteiger partial charge in [-0.15, -0.1) is 0 Å². The first-order chi connectivity index (χ1) is 7.99. The number of hydrogen-bond acceptors (Lipinski definition) is 3. The summed E-state index contributed by atoms with van der Waals surface area (Å²) < 4.78 is 27.0. The molecule has 17 heavy (non-hydrogen) atoms. The highest BCUT2D eigenvalue weighted by atomic mass is 19.1. The second-order valence-corrected chi connectivity index (χ2v) is 4.10. The fourth-order valence-corrected chi connectivity index (χ4v) is 1.38. The number of hydrogen-bond donors (Lipinski definition) is 2. The van der Waals surface area contributed by atoms with Crippen molar-refractivity contribution in [3.63, 3.8) is 0 Å². The topological polar surface area (TPSA) is 56.0 Å². The summed E-state index contributed by atoms with van der Waals surface area (Å²) in [5.74, 6) is -1.64. The second kappa shape index (κ2) is 5.60. The van der Waals surface area contributed by atoms with Crippen LogP contribution < -0.4 is 5.32 Å². The molecule has 0 heterocycles. The van der Waals surface area contributed by atoms with Gasteiger partial charge in [-0.2, -0.15) is 5.26 Å². The number of nitriles is 1. The van der Waals surface area contributed by atoms with E-state index in [9.17, 15) is 8.78 Å². The molecule has 1 rings (SSSR count). The smallest absolute Gasteiger partial charge is 0.150 e. The molecule has 0 amide bonds. The minimum Gasteiger partial charge on any atom is -0.394 e. The molecule has 0 saturated heterocycles. The van der Waals surface area contributed by atoms with Crippen LogP contribution in [0.1, 0.15) is 19.4 Å². The highest BCUT2D eigenvalue weighted by Gasteiger charge is 2.17. The van der Waals surface area contributed by atoms with Crippen LogP contribution in [0.3, 0.4) is 0 Å². The fourth-order valence-electron chi connectivity index (χ4n) is 1.38. The number of nitrogens with one attached hydrogen (secondary N) is 1. The average molecular weight is 240 g/mol. The van der Waals surface area contributed by atoms with E-state index in [2.05, 4.69) is 5.32 Å². The van der Waals surface area contributed by atoms with Crippen LogP contribution in [0, 0.1) is 28.9 Å². The molecule has 0 saturated carbocycles. The maximum absolute atomic E-state index is 13.5. The van der Waals surface area contributed by atoms with Crippen molar-refractivity contribution in [2.45, 2.75) is 19.9 Å². The molecule has 0 bridgehead atoms. The lowest BCUT2D eigenvalue weighted by molar-refractivity contribution is 0.248. The van der Waals surface area contributed by atoms with Crippen LogP contribution in [0.5, 0.6) is 0 Å². The summed E-state index contributed by atoms with van der Waals surface area (Å²) in [5, 5.41) is 20.2. The summed E-state index contributed by atoms with van der Waals surface area (Å²) in [4.78, 5) is 0. The highest BCUT2D eigenvalue weighted by molar-refractivity contribution is 5.51. The monoisotopic (exact) mass is 240 g/mol. The van der Waals surface area contributed by atoms with Gasteiger partial charge in [-0.1, -0.05) is 13.8 Å². The molecule has 0 unspecified atom stereocenters. The fraction of sp³-hybridized carbons (Fsp3) is 0.417. The van der Waals surface area contributed by atoms with Gasteiger partial charge in [-0.3, -0.25) is 0 Å². The average Bonchev–Trinajstić information content (AvgIpc) is 2.27. The number of halogens is 2. The SMILES string of the molecule is CC(C)[C@@H](CO)Nc1c(F)cc(C#N)cc1F.